The number of halogens is 1. The lowest BCUT2D eigenvalue weighted by atomic mass is 10.1. The van der Waals surface area contributed by atoms with Crippen molar-refractivity contribution in [3.63, 3.8) is 0 Å². The molecule has 2 heterocycles. The first kappa shape index (κ1) is 21.5. The SMILES string of the molecule is CC(=O)N1c2ccc(S(=O)(=O)N3CCCCC3)cc2C[C@@H]1C(=O)Nc1ccc(F)cc1. The summed E-state index contributed by atoms with van der Waals surface area (Å²) in [6.45, 7) is 2.37. The summed E-state index contributed by atoms with van der Waals surface area (Å²) in [5.41, 5.74) is 1.58. The maximum atomic E-state index is 13.1. The third kappa shape index (κ3) is 4.20. The number of hydrogen-bond donors (Lipinski definition) is 1. The molecular weight excluding hydrogens is 421 g/mol. The van der Waals surface area contributed by atoms with Crippen LogP contribution in [0.15, 0.2) is 47.4 Å². The van der Waals surface area contributed by atoms with Gasteiger partial charge in [0.2, 0.25) is 21.8 Å². The first-order chi connectivity index (χ1) is 14.8. The second kappa shape index (κ2) is 8.39. The Hall–Kier alpha value is -2.78. The first-order valence-electron chi connectivity index (χ1n) is 10.3. The fraction of sp³-hybridized carbons (Fsp3) is 0.364. The summed E-state index contributed by atoms with van der Waals surface area (Å²) in [5.74, 6) is -1.15. The smallest absolute Gasteiger partial charge is 0.247 e. The Morgan fingerprint density at radius 3 is 2.35 bits per heavy atom. The van der Waals surface area contributed by atoms with E-state index in [0.717, 1.165) is 19.3 Å². The average Bonchev–Trinajstić information content (AvgIpc) is 3.15. The number of fused-ring (bicyclic) bond motifs is 1. The molecule has 7 nitrogen and oxygen atoms in total. The number of anilines is 2. The number of hydrogen-bond acceptors (Lipinski definition) is 4. The van der Waals surface area contributed by atoms with E-state index in [1.165, 1.54) is 46.5 Å². The molecule has 31 heavy (non-hydrogen) atoms. The Morgan fingerprint density at radius 2 is 1.71 bits per heavy atom. The van der Waals surface area contributed by atoms with E-state index < -0.39 is 27.8 Å². The second-order valence-electron chi connectivity index (χ2n) is 7.86. The van der Waals surface area contributed by atoms with Crippen molar-refractivity contribution < 1.29 is 22.4 Å². The number of benzene rings is 2. The molecule has 1 saturated heterocycles. The Bertz CT molecular complexity index is 1110. The normalized spacial score (nSPS) is 19.2. The maximum Gasteiger partial charge on any atom is 0.247 e. The molecule has 2 amide bonds. The van der Waals surface area contributed by atoms with Crippen molar-refractivity contribution in [2.45, 2.75) is 43.5 Å². The van der Waals surface area contributed by atoms with E-state index in [1.807, 2.05) is 0 Å². The monoisotopic (exact) mass is 445 g/mol. The van der Waals surface area contributed by atoms with Gasteiger partial charge >= 0.3 is 0 Å². The van der Waals surface area contributed by atoms with Gasteiger partial charge in [-0.25, -0.2) is 12.8 Å². The van der Waals surface area contributed by atoms with Gasteiger partial charge in [0.25, 0.3) is 0 Å². The van der Waals surface area contributed by atoms with Crippen LogP contribution in [-0.4, -0.2) is 43.7 Å². The van der Waals surface area contributed by atoms with E-state index in [9.17, 15) is 22.4 Å². The highest BCUT2D eigenvalue weighted by atomic mass is 32.2. The van der Waals surface area contributed by atoms with Gasteiger partial charge in [0.1, 0.15) is 11.9 Å². The minimum Gasteiger partial charge on any atom is -0.324 e. The van der Waals surface area contributed by atoms with Crippen LogP contribution in [0.25, 0.3) is 0 Å². The Labute approximate surface area is 180 Å². The minimum atomic E-state index is -3.62. The van der Waals surface area contributed by atoms with Crippen LogP contribution >= 0.6 is 0 Å². The third-order valence-electron chi connectivity index (χ3n) is 5.74. The van der Waals surface area contributed by atoms with Gasteiger partial charge in [0, 0.05) is 37.8 Å². The molecule has 0 spiro atoms. The van der Waals surface area contributed by atoms with Gasteiger partial charge in [-0.1, -0.05) is 6.42 Å². The van der Waals surface area contributed by atoms with Crippen molar-refractivity contribution >= 4 is 33.2 Å². The topological polar surface area (TPSA) is 86.8 Å². The molecule has 1 atom stereocenters. The number of rotatable bonds is 4. The first-order valence-corrected chi connectivity index (χ1v) is 11.7. The van der Waals surface area contributed by atoms with E-state index in [2.05, 4.69) is 5.32 Å². The van der Waals surface area contributed by atoms with Gasteiger partial charge in [0.15, 0.2) is 0 Å². The van der Waals surface area contributed by atoms with Gasteiger partial charge in [-0.05, 0) is 60.9 Å². The van der Waals surface area contributed by atoms with Gasteiger partial charge in [-0.3, -0.25) is 14.5 Å². The molecule has 1 fully saturated rings. The lowest BCUT2D eigenvalue weighted by Crippen LogP contribution is -2.44. The number of piperidine rings is 1. The largest absolute Gasteiger partial charge is 0.324 e. The lowest BCUT2D eigenvalue weighted by Gasteiger charge is -2.26. The quantitative estimate of drug-likeness (QED) is 0.784. The Balaban J connectivity index is 1.60. The molecule has 164 valence electrons. The van der Waals surface area contributed by atoms with E-state index in [-0.39, 0.29) is 17.2 Å². The van der Waals surface area contributed by atoms with Crippen LogP contribution in [0.5, 0.6) is 0 Å². The number of amides is 2. The molecular formula is C22H24FN3O4S. The third-order valence-corrected chi connectivity index (χ3v) is 7.64. The highest BCUT2D eigenvalue weighted by molar-refractivity contribution is 7.89. The van der Waals surface area contributed by atoms with Crippen molar-refractivity contribution in [1.82, 2.24) is 4.31 Å². The zero-order chi connectivity index (χ0) is 22.2. The van der Waals surface area contributed by atoms with Crippen LogP contribution < -0.4 is 10.2 Å². The van der Waals surface area contributed by atoms with Gasteiger partial charge in [-0.2, -0.15) is 4.31 Å². The predicted octanol–water partition coefficient (Wildman–Crippen LogP) is 2.92. The summed E-state index contributed by atoms with van der Waals surface area (Å²) >= 11 is 0. The van der Waals surface area contributed by atoms with Gasteiger partial charge < -0.3 is 5.32 Å². The number of carbonyl (C=O) groups excluding carboxylic acids is 2. The fourth-order valence-corrected chi connectivity index (χ4v) is 5.77. The van der Waals surface area contributed by atoms with E-state index in [1.54, 1.807) is 12.1 Å². The summed E-state index contributed by atoms with van der Waals surface area (Å²) in [7, 11) is -3.62. The van der Waals surface area contributed by atoms with E-state index >= 15 is 0 Å². The standard InChI is InChI=1S/C22H24FN3O4S/c1-15(27)26-20-10-9-19(31(29,30)25-11-3-2-4-12-25)13-16(20)14-21(26)22(28)24-18-7-5-17(23)6-8-18/h5-10,13,21H,2-4,11-12,14H2,1H3,(H,24,28)/t21-/m1/s1. The van der Waals surface area contributed by atoms with E-state index in [0.29, 0.717) is 30.0 Å². The number of nitrogens with one attached hydrogen (secondary N) is 1. The molecule has 2 aromatic carbocycles. The highest BCUT2D eigenvalue weighted by Crippen LogP contribution is 2.35. The minimum absolute atomic E-state index is 0.177. The van der Waals surface area contributed by atoms with Crippen LogP contribution in [0.2, 0.25) is 0 Å². The molecule has 0 saturated carbocycles. The molecule has 0 aliphatic carbocycles. The molecule has 4 rings (SSSR count). The molecule has 0 radical (unpaired) electrons. The summed E-state index contributed by atoms with van der Waals surface area (Å²) in [6.07, 6.45) is 2.90. The highest BCUT2D eigenvalue weighted by Gasteiger charge is 2.38. The van der Waals surface area contributed by atoms with Crippen molar-refractivity contribution in [2.75, 3.05) is 23.3 Å². The van der Waals surface area contributed by atoms with Gasteiger partial charge in [-0.15, -0.1) is 0 Å². The molecule has 2 aromatic rings. The van der Waals surface area contributed by atoms with Crippen molar-refractivity contribution in [3.8, 4) is 0 Å². The summed E-state index contributed by atoms with van der Waals surface area (Å²) in [5, 5.41) is 2.70. The predicted molar refractivity (Wildman–Crippen MR) is 115 cm³/mol. The molecule has 0 bridgehead atoms. The lowest BCUT2D eigenvalue weighted by molar-refractivity contribution is -0.122. The molecule has 1 N–H and O–H groups in total. The summed E-state index contributed by atoms with van der Waals surface area (Å²) in [6, 6.07) is 9.20. The van der Waals surface area contributed by atoms with Crippen LogP contribution in [0, 0.1) is 5.82 Å². The number of carbonyl (C=O) groups is 2. The summed E-state index contributed by atoms with van der Waals surface area (Å²) < 4.78 is 40.7. The molecule has 0 aromatic heterocycles. The molecule has 0 unspecified atom stereocenters. The molecule has 2 aliphatic rings. The van der Waals surface area contributed by atoms with Crippen LogP contribution in [0.3, 0.4) is 0 Å². The average molecular weight is 446 g/mol. The van der Waals surface area contributed by atoms with Crippen LogP contribution in [0.4, 0.5) is 15.8 Å². The second-order valence-corrected chi connectivity index (χ2v) is 9.80. The molecule has 2 aliphatic heterocycles. The maximum absolute atomic E-state index is 13.1. The Kier molecular flexibility index (Phi) is 5.81. The summed E-state index contributed by atoms with van der Waals surface area (Å²) in [4.78, 5) is 26.8. The van der Waals surface area contributed by atoms with Crippen molar-refractivity contribution in [2.24, 2.45) is 0 Å². The number of nitrogens with zero attached hydrogens (tertiary/aromatic N) is 2. The van der Waals surface area contributed by atoms with Crippen molar-refractivity contribution in [1.29, 1.82) is 0 Å². The van der Waals surface area contributed by atoms with E-state index in [4.69, 9.17) is 0 Å². The molecule has 9 heteroatoms. The zero-order valence-electron chi connectivity index (χ0n) is 17.2. The van der Waals surface area contributed by atoms with Crippen molar-refractivity contribution in [3.05, 3.63) is 53.8 Å². The Morgan fingerprint density at radius 1 is 1.03 bits per heavy atom. The van der Waals surface area contributed by atoms with Crippen LogP contribution in [0.1, 0.15) is 31.7 Å². The zero-order valence-corrected chi connectivity index (χ0v) is 18.0. The van der Waals surface area contributed by atoms with Gasteiger partial charge in [0.05, 0.1) is 4.90 Å². The van der Waals surface area contributed by atoms with Crippen LogP contribution in [-0.2, 0) is 26.0 Å². The number of sulfonamides is 1. The fourth-order valence-electron chi connectivity index (χ4n) is 4.20.